The molecule has 4 heteroatoms. The van der Waals surface area contributed by atoms with Crippen molar-refractivity contribution in [2.24, 2.45) is 0 Å². The van der Waals surface area contributed by atoms with Gasteiger partial charge in [0, 0.05) is 6.42 Å². The maximum absolute atomic E-state index is 12.1. The fourth-order valence-corrected chi connectivity index (χ4v) is 4.04. The molecule has 0 aliphatic heterocycles. The first-order valence-corrected chi connectivity index (χ1v) is 12.8. The Morgan fingerprint density at radius 1 is 0.774 bits per heavy atom. The molecule has 1 rings (SSSR count). The van der Waals surface area contributed by atoms with E-state index in [4.69, 9.17) is 0 Å². The van der Waals surface area contributed by atoms with Crippen LogP contribution >= 0.6 is 0 Å². The van der Waals surface area contributed by atoms with Gasteiger partial charge in [0.1, 0.15) is 6.10 Å². The van der Waals surface area contributed by atoms with Crippen LogP contribution in [-0.4, -0.2) is 28.8 Å². The standard InChI is InChI=1S/C27H47NO3/c1-2-3-4-5-6-7-8-9-10-11-12-13-14-15-19-22-26(30)28-25(23-29)27(31)24-20-17-16-18-21-24/h16-18,20-21,25,27,29,31H,2-15,19,22-23H2,1H3,(H,28,30)/t25-,27-/m1/s1. The summed E-state index contributed by atoms with van der Waals surface area (Å²) in [6.45, 7) is 1.99. The molecule has 1 amide bonds. The lowest BCUT2D eigenvalue weighted by Crippen LogP contribution is -2.41. The molecule has 31 heavy (non-hydrogen) atoms. The van der Waals surface area contributed by atoms with Gasteiger partial charge in [0.2, 0.25) is 5.91 Å². The van der Waals surface area contributed by atoms with Crippen molar-refractivity contribution in [2.45, 2.75) is 122 Å². The van der Waals surface area contributed by atoms with E-state index in [0.717, 1.165) is 12.8 Å². The molecular formula is C27H47NO3. The number of carbonyl (C=O) groups is 1. The van der Waals surface area contributed by atoms with E-state index in [0.29, 0.717) is 12.0 Å². The number of aliphatic hydroxyl groups excluding tert-OH is 2. The maximum atomic E-state index is 12.1. The van der Waals surface area contributed by atoms with Crippen LogP contribution in [0.25, 0.3) is 0 Å². The van der Waals surface area contributed by atoms with Gasteiger partial charge in [-0.2, -0.15) is 0 Å². The van der Waals surface area contributed by atoms with Gasteiger partial charge >= 0.3 is 0 Å². The number of rotatable bonds is 20. The third-order valence-electron chi connectivity index (χ3n) is 6.07. The molecule has 3 N–H and O–H groups in total. The number of unbranched alkanes of at least 4 members (excludes halogenated alkanes) is 14. The molecule has 0 bridgehead atoms. The van der Waals surface area contributed by atoms with E-state index in [-0.39, 0.29) is 12.5 Å². The molecule has 0 aliphatic rings. The zero-order valence-electron chi connectivity index (χ0n) is 19.9. The summed E-state index contributed by atoms with van der Waals surface area (Å²) >= 11 is 0. The van der Waals surface area contributed by atoms with Gasteiger partial charge in [0.05, 0.1) is 12.6 Å². The second kappa shape index (κ2) is 19.3. The van der Waals surface area contributed by atoms with Crippen LogP contribution in [0.2, 0.25) is 0 Å². The number of nitrogens with one attached hydrogen (secondary N) is 1. The minimum absolute atomic E-state index is 0.0938. The van der Waals surface area contributed by atoms with Gasteiger partial charge in [0.25, 0.3) is 0 Å². The Bertz CT molecular complexity index is 535. The Morgan fingerprint density at radius 3 is 1.68 bits per heavy atom. The van der Waals surface area contributed by atoms with Crippen molar-refractivity contribution in [3.8, 4) is 0 Å². The number of benzene rings is 1. The SMILES string of the molecule is CCCCCCCCCCCCCCCCCC(=O)N[C@H](CO)[C@H](O)c1ccccc1. The summed E-state index contributed by atoms with van der Waals surface area (Å²) < 4.78 is 0. The van der Waals surface area contributed by atoms with Crippen molar-refractivity contribution >= 4 is 5.91 Å². The highest BCUT2D eigenvalue weighted by molar-refractivity contribution is 5.76. The van der Waals surface area contributed by atoms with E-state index >= 15 is 0 Å². The largest absolute Gasteiger partial charge is 0.394 e. The maximum Gasteiger partial charge on any atom is 0.220 e. The summed E-state index contributed by atoms with van der Waals surface area (Å²) in [5.41, 5.74) is 0.703. The predicted octanol–water partition coefficient (Wildman–Crippen LogP) is 6.46. The van der Waals surface area contributed by atoms with Crippen LogP contribution < -0.4 is 5.32 Å². The molecule has 0 saturated carbocycles. The average Bonchev–Trinajstić information content (AvgIpc) is 2.80. The van der Waals surface area contributed by atoms with E-state index in [2.05, 4.69) is 12.2 Å². The summed E-state index contributed by atoms with van der Waals surface area (Å²) in [5, 5.41) is 22.7. The summed E-state index contributed by atoms with van der Waals surface area (Å²) in [6.07, 6.45) is 19.1. The monoisotopic (exact) mass is 433 g/mol. The molecule has 4 nitrogen and oxygen atoms in total. The van der Waals surface area contributed by atoms with Crippen LogP contribution in [0.1, 0.15) is 121 Å². The minimum atomic E-state index is -0.892. The molecule has 0 aliphatic carbocycles. The summed E-state index contributed by atoms with van der Waals surface area (Å²) in [4.78, 5) is 12.1. The van der Waals surface area contributed by atoms with E-state index in [1.807, 2.05) is 18.2 Å². The first-order chi connectivity index (χ1) is 15.2. The van der Waals surface area contributed by atoms with E-state index < -0.39 is 12.1 Å². The molecule has 1 aromatic rings. The van der Waals surface area contributed by atoms with Crippen molar-refractivity contribution in [3.05, 3.63) is 35.9 Å². The second-order valence-corrected chi connectivity index (χ2v) is 8.91. The van der Waals surface area contributed by atoms with Gasteiger partial charge in [-0.3, -0.25) is 4.79 Å². The van der Waals surface area contributed by atoms with Crippen molar-refractivity contribution in [1.29, 1.82) is 0 Å². The van der Waals surface area contributed by atoms with Gasteiger partial charge in [-0.15, -0.1) is 0 Å². The third-order valence-corrected chi connectivity index (χ3v) is 6.07. The first kappa shape index (κ1) is 27.6. The zero-order chi connectivity index (χ0) is 22.6. The Morgan fingerprint density at radius 2 is 1.23 bits per heavy atom. The normalized spacial score (nSPS) is 13.1. The molecule has 0 unspecified atom stereocenters. The van der Waals surface area contributed by atoms with Crippen LogP contribution in [0.5, 0.6) is 0 Å². The van der Waals surface area contributed by atoms with Crippen molar-refractivity contribution < 1.29 is 15.0 Å². The molecule has 2 atom stereocenters. The molecule has 0 fully saturated rings. The average molecular weight is 434 g/mol. The number of aliphatic hydroxyl groups is 2. The molecule has 0 heterocycles. The molecule has 0 saturated heterocycles. The van der Waals surface area contributed by atoms with Crippen LogP contribution in [0.4, 0.5) is 0 Å². The van der Waals surface area contributed by atoms with Gasteiger partial charge in [0.15, 0.2) is 0 Å². The van der Waals surface area contributed by atoms with Crippen LogP contribution in [0.3, 0.4) is 0 Å². The van der Waals surface area contributed by atoms with Crippen LogP contribution in [0, 0.1) is 0 Å². The second-order valence-electron chi connectivity index (χ2n) is 8.91. The molecule has 0 aromatic heterocycles. The zero-order valence-corrected chi connectivity index (χ0v) is 19.9. The van der Waals surface area contributed by atoms with Gasteiger partial charge in [-0.1, -0.05) is 127 Å². The topological polar surface area (TPSA) is 69.6 Å². The highest BCUT2D eigenvalue weighted by Crippen LogP contribution is 2.17. The van der Waals surface area contributed by atoms with Crippen molar-refractivity contribution in [1.82, 2.24) is 5.32 Å². The van der Waals surface area contributed by atoms with E-state index in [1.54, 1.807) is 12.1 Å². The van der Waals surface area contributed by atoms with Gasteiger partial charge in [-0.25, -0.2) is 0 Å². The molecular weight excluding hydrogens is 386 g/mol. The Hall–Kier alpha value is -1.39. The van der Waals surface area contributed by atoms with Gasteiger partial charge < -0.3 is 15.5 Å². The number of hydrogen-bond donors (Lipinski definition) is 3. The summed E-state index contributed by atoms with van der Waals surface area (Å²) in [5.74, 6) is -0.0938. The quantitative estimate of drug-likeness (QED) is 0.207. The van der Waals surface area contributed by atoms with E-state index in [9.17, 15) is 15.0 Å². The summed E-state index contributed by atoms with van der Waals surface area (Å²) in [6, 6.07) is 8.49. The van der Waals surface area contributed by atoms with Crippen LogP contribution in [-0.2, 0) is 4.79 Å². The van der Waals surface area contributed by atoms with Crippen molar-refractivity contribution in [2.75, 3.05) is 6.61 Å². The lowest BCUT2D eigenvalue weighted by molar-refractivity contribution is -0.123. The summed E-state index contributed by atoms with van der Waals surface area (Å²) in [7, 11) is 0. The van der Waals surface area contributed by atoms with E-state index in [1.165, 1.54) is 83.5 Å². The smallest absolute Gasteiger partial charge is 0.220 e. The lowest BCUT2D eigenvalue weighted by Gasteiger charge is -2.22. The van der Waals surface area contributed by atoms with Crippen molar-refractivity contribution in [3.63, 3.8) is 0 Å². The molecule has 1 aromatic carbocycles. The highest BCUT2D eigenvalue weighted by atomic mass is 16.3. The lowest BCUT2D eigenvalue weighted by atomic mass is 10.0. The number of carbonyl (C=O) groups excluding carboxylic acids is 1. The predicted molar refractivity (Wildman–Crippen MR) is 130 cm³/mol. The van der Waals surface area contributed by atoms with Crippen LogP contribution in [0.15, 0.2) is 30.3 Å². The first-order valence-electron chi connectivity index (χ1n) is 12.8. The Balaban J connectivity index is 1.95. The molecule has 178 valence electrons. The molecule has 0 radical (unpaired) electrons. The minimum Gasteiger partial charge on any atom is -0.394 e. The number of hydrogen-bond acceptors (Lipinski definition) is 3. The molecule has 0 spiro atoms. The Kier molecular flexibility index (Phi) is 17.2. The third kappa shape index (κ3) is 14.3. The fraction of sp³-hybridized carbons (Fsp3) is 0.741. The fourth-order valence-electron chi connectivity index (χ4n) is 4.04. The van der Waals surface area contributed by atoms with Gasteiger partial charge in [-0.05, 0) is 12.0 Å². The highest BCUT2D eigenvalue weighted by Gasteiger charge is 2.21. The Labute approximate surface area is 190 Å². The number of amides is 1.